The maximum absolute atomic E-state index is 4.89. The normalized spacial score (nSPS) is 10.4. The highest BCUT2D eigenvalue weighted by molar-refractivity contribution is 5.15. The predicted octanol–water partition coefficient (Wildman–Crippen LogP) is 1.85. The average molecular weight is 155 g/mol. The monoisotopic (exact) mass is 155 g/mol. The van der Waals surface area contributed by atoms with Gasteiger partial charge in [0.15, 0.2) is 0 Å². The van der Waals surface area contributed by atoms with Crippen molar-refractivity contribution >= 4 is 0 Å². The van der Waals surface area contributed by atoms with Gasteiger partial charge in [-0.15, -0.1) is 0 Å². The van der Waals surface area contributed by atoms with Gasteiger partial charge in [-0.1, -0.05) is 18.7 Å². The van der Waals surface area contributed by atoms with Crippen LogP contribution < -0.4 is 5.73 Å². The molecule has 0 aliphatic carbocycles. The Kier molecular flexibility index (Phi) is 13.5. The second-order valence-electron chi connectivity index (χ2n) is 1.50. The molecule has 0 aliphatic heterocycles. The third kappa shape index (κ3) is 8.98. The molecule has 0 aromatic carbocycles. The lowest BCUT2D eigenvalue weighted by atomic mass is 10.4. The Bertz CT molecular complexity index is 136. The Morgan fingerprint density at radius 1 is 1.45 bits per heavy atom. The Hall–Kier alpha value is -1.02. The molecule has 0 saturated carbocycles. The van der Waals surface area contributed by atoms with Crippen LogP contribution in [0.2, 0.25) is 0 Å². The van der Waals surface area contributed by atoms with E-state index in [1.54, 1.807) is 13.2 Å². The molecule has 0 rings (SSSR count). The van der Waals surface area contributed by atoms with Gasteiger partial charge in [0.2, 0.25) is 0 Å². The number of rotatable bonds is 3. The van der Waals surface area contributed by atoms with Crippen LogP contribution >= 0.6 is 0 Å². The van der Waals surface area contributed by atoms with Crippen LogP contribution in [0.5, 0.6) is 0 Å². The zero-order chi connectivity index (χ0) is 9.11. The van der Waals surface area contributed by atoms with E-state index in [-0.39, 0.29) is 0 Å². The Balaban J connectivity index is 0. The van der Waals surface area contributed by atoms with E-state index in [0.29, 0.717) is 0 Å². The highest BCUT2D eigenvalue weighted by Gasteiger charge is 1.79. The van der Waals surface area contributed by atoms with E-state index in [4.69, 9.17) is 4.74 Å². The molecule has 0 aliphatic rings. The van der Waals surface area contributed by atoms with E-state index in [1.165, 1.54) is 7.05 Å². The second-order valence-corrected chi connectivity index (χ2v) is 1.50. The third-order valence-electron chi connectivity index (χ3n) is 0.890. The Morgan fingerprint density at radius 2 is 2.00 bits per heavy atom. The van der Waals surface area contributed by atoms with Crippen LogP contribution in [0.15, 0.2) is 36.6 Å². The van der Waals surface area contributed by atoms with Crippen LogP contribution in [0.4, 0.5) is 0 Å². The molecule has 2 nitrogen and oxygen atoms in total. The first kappa shape index (κ1) is 12.6. The molecule has 0 bridgehead atoms. The number of nitrogens with two attached hydrogens (primary N) is 1. The van der Waals surface area contributed by atoms with Crippen LogP contribution in [0.1, 0.15) is 6.92 Å². The van der Waals surface area contributed by atoms with Crippen molar-refractivity contribution in [2.45, 2.75) is 6.92 Å². The summed E-state index contributed by atoms with van der Waals surface area (Å²) in [5.74, 6) is 0.785. The molecule has 0 amide bonds. The molecule has 2 N–H and O–H groups in total. The van der Waals surface area contributed by atoms with Gasteiger partial charge in [-0.25, -0.2) is 0 Å². The lowest BCUT2D eigenvalue weighted by Gasteiger charge is -1.94. The van der Waals surface area contributed by atoms with Crippen LogP contribution in [0, 0.1) is 0 Å². The molecule has 11 heavy (non-hydrogen) atoms. The predicted molar refractivity (Wildman–Crippen MR) is 50.2 cm³/mol. The van der Waals surface area contributed by atoms with Crippen molar-refractivity contribution in [3.05, 3.63) is 36.6 Å². The summed E-state index contributed by atoms with van der Waals surface area (Å²) in [5.41, 5.74) is 4.50. The van der Waals surface area contributed by atoms with Gasteiger partial charge in [-0.05, 0) is 26.1 Å². The van der Waals surface area contributed by atoms with E-state index in [9.17, 15) is 0 Å². The maximum Gasteiger partial charge on any atom is 0.118 e. The average Bonchev–Trinajstić information content (AvgIpc) is 2.10. The van der Waals surface area contributed by atoms with Crippen LogP contribution in [-0.4, -0.2) is 14.2 Å². The number of hydrogen-bond donors (Lipinski definition) is 1. The van der Waals surface area contributed by atoms with Gasteiger partial charge < -0.3 is 10.5 Å². The van der Waals surface area contributed by atoms with Gasteiger partial charge in [0.05, 0.1) is 7.11 Å². The van der Waals surface area contributed by atoms with Crippen molar-refractivity contribution in [2.75, 3.05) is 14.2 Å². The summed E-state index contributed by atoms with van der Waals surface area (Å²) in [6, 6.07) is 0. The van der Waals surface area contributed by atoms with Gasteiger partial charge in [0, 0.05) is 0 Å². The quantitative estimate of drug-likeness (QED) is 0.498. The molecule has 0 unspecified atom stereocenters. The summed E-state index contributed by atoms with van der Waals surface area (Å²) in [5, 5.41) is 0. The summed E-state index contributed by atoms with van der Waals surface area (Å²) in [4.78, 5) is 0. The Morgan fingerprint density at radius 3 is 2.27 bits per heavy atom. The second kappa shape index (κ2) is 11.7. The number of allylic oxidation sites excluding steroid dienone is 4. The summed E-state index contributed by atoms with van der Waals surface area (Å²) >= 11 is 0. The minimum Gasteiger partial charge on any atom is -0.497 e. The molecule has 0 spiro atoms. The maximum atomic E-state index is 4.89. The van der Waals surface area contributed by atoms with E-state index in [2.05, 4.69) is 12.3 Å². The smallest absolute Gasteiger partial charge is 0.118 e. The van der Waals surface area contributed by atoms with Gasteiger partial charge in [-0.3, -0.25) is 0 Å². The molecule has 2 heteroatoms. The lowest BCUT2D eigenvalue weighted by Crippen LogP contribution is -1.77. The summed E-state index contributed by atoms with van der Waals surface area (Å²) in [7, 11) is 3.12. The standard InChI is InChI=1S/C8H12O.CH5N/c1-4-6-7-8(5-2)9-3;1-2/h4-7H,2H2,1,3H3;2H2,1H3/b6-4-,8-7+;. The molecule has 0 aromatic heterocycles. The summed E-state index contributed by atoms with van der Waals surface area (Å²) in [6.45, 7) is 5.51. The van der Waals surface area contributed by atoms with Gasteiger partial charge in [0.25, 0.3) is 0 Å². The zero-order valence-corrected chi connectivity index (χ0v) is 7.50. The van der Waals surface area contributed by atoms with E-state index >= 15 is 0 Å². The number of methoxy groups -OCH3 is 1. The fourth-order valence-electron chi connectivity index (χ4n) is 0.410. The molecule has 0 radical (unpaired) electrons. The van der Waals surface area contributed by atoms with E-state index in [1.807, 2.05) is 25.2 Å². The minimum atomic E-state index is 0.785. The Labute approximate surface area is 69.0 Å². The third-order valence-corrected chi connectivity index (χ3v) is 0.890. The lowest BCUT2D eigenvalue weighted by molar-refractivity contribution is 0.307. The highest BCUT2D eigenvalue weighted by atomic mass is 16.5. The summed E-state index contributed by atoms with van der Waals surface area (Å²) in [6.07, 6.45) is 7.36. The van der Waals surface area contributed by atoms with Crippen molar-refractivity contribution in [2.24, 2.45) is 5.73 Å². The number of ether oxygens (including phenoxy) is 1. The molecule has 0 saturated heterocycles. The largest absolute Gasteiger partial charge is 0.497 e. The first-order valence-corrected chi connectivity index (χ1v) is 3.42. The molecule has 0 heterocycles. The molecule has 0 atom stereocenters. The fourth-order valence-corrected chi connectivity index (χ4v) is 0.410. The van der Waals surface area contributed by atoms with Gasteiger partial charge in [-0.2, -0.15) is 0 Å². The summed E-state index contributed by atoms with van der Waals surface area (Å²) < 4.78 is 4.89. The first-order chi connectivity index (χ1) is 5.35. The fraction of sp³-hybridized carbons (Fsp3) is 0.333. The first-order valence-electron chi connectivity index (χ1n) is 3.42. The number of hydrogen-bond acceptors (Lipinski definition) is 2. The van der Waals surface area contributed by atoms with E-state index in [0.717, 1.165) is 5.76 Å². The van der Waals surface area contributed by atoms with Crippen LogP contribution in [-0.2, 0) is 4.74 Å². The van der Waals surface area contributed by atoms with Crippen molar-refractivity contribution in [1.82, 2.24) is 0 Å². The van der Waals surface area contributed by atoms with Crippen molar-refractivity contribution < 1.29 is 4.74 Å². The van der Waals surface area contributed by atoms with E-state index < -0.39 is 0 Å². The van der Waals surface area contributed by atoms with Crippen molar-refractivity contribution in [3.63, 3.8) is 0 Å². The molecular weight excluding hydrogens is 138 g/mol. The SMILES string of the molecule is C=C/C(=C\C=C/C)OC.CN. The minimum absolute atomic E-state index is 0.785. The molecule has 64 valence electrons. The van der Waals surface area contributed by atoms with Gasteiger partial charge in [0.1, 0.15) is 5.76 Å². The molecular formula is C9H17NO. The topological polar surface area (TPSA) is 35.2 Å². The van der Waals surface area contributed by atoms with Crippen LogP contribution in [0.3, 0.4) is 0 Å². The van der Waals surface area contributed by atoms with Crippen molar-refractivity contribution in [1.29, 1.82) is 0 Å². The van der Waals surface area contributed by atoms with Crippen molar-refractivity contribution in [3.8, 4) is 0 Å². The van der Waals surface area contributed by atoms with Crippen LogP contribution in [0.25, 0.3) is 0 Å². The molecule has 0 aromatic rings. The molecule has 0 fully saturated rings. The van der Waals surface area contributed by atoms with Gasteiger partial charge >= 0.3 is 0 Å². The zero-order valence-electron chi connectivity index (χ0n) is 7.50. The highest BCUT2D eigenvalue weighted by Crippen LogP contribution is 1.94.